The van der Waals surface area contributed by atoms with E-state index in [1.54, 1.807) is 30.6 Å². The Morgan fingerprint density at radius 1 is 1.38 bits per heavy atom. The van der Waals surface area contributed by atoms with Gasteiger partial charge in [-0.25, -0.2) is 0 Å². The monoisotopic (exact) mass is 362 g/mol. The zero-order valence-corrected chi connectivity index (χ0v) is 15.8. The molecule has 1 unspecified atom stereocenters. The molecule has 1 amide bonds. The van der Waals surface area contributed by atoms with Crippen molar-refractivity contribution >= 4 is 29.4 Å². The maximum Gasteiger partial charge on any atom is 0.264 e. The summed E-state index contributed by atoms with van der Waals surface area (Å²) in [4.78, 5) is 12.2. The number of hydrogen-bond donors (Lipinski definition) is 1. The lowest BCUT2D eigenvalue weighted by atomic mass is 10.1. The third-order valence-corrected chi connectivity index (χ3v) is 6.25. The molecular formula is C18H22N2O2S2. The van der Waals surface area contributed by atoms with E-state index in [4.69, 9.17) is 4.74 Å². The fraction of sp³-hybridized carbons (Fsp3) is 0.444. The van der Waals surface area contributed by atoms with Gasteiger partial charge in [-0.15, -0.1) is 11.8 Å². The third-order valence-electron chi connectivity index (χ3n) is 3.61. The number of nitriles is 1. The molecule has 1 aliphatic heterocycles. The van der Waals surface area contributed by atoms with Gasteiger partial charge < -0.3 is 10.1 Å². The van der Waals surface area contributed by atoms with Gasteiger partial charge >= 0.3 is 0 Å². The maximum absolute atomic E-state index is 12.2. The first-order chi connectivity index (χ1) is 11.5. The smallest absolute Gasteiger partial charge is 0.264 e. The summed E-state index contributed by atoms with van der Waals surface area (Å²) in [5, 5.41) is 12.0. The minimum Gasteiger partial charge on any atom is -0.497 e. The van der Waals surface area contributed by atoms with E-state index in [1.165, 1.54) is 0 Å². The second-order valence-corrected chi connectivity index (χ2v) is 8.38. The average Bonchev–Trinajstić information content (AvgIpc) is 2.58. The fourth-order valence-corrected chi connectivity index (χ4v) is 4.79. The molecule has 24 heavy (non-hydrogen) atoms. The fourth-order valence-electron chi connectivity index (χ4n) is 2.27. The highest BCUT2D eigenvalue weighted by molar-refractivity contribution is 8.22. The summed E-state index contributed by atoms with van der Waals surface area (Å²) in [7, 11) is 1.62. The average molecular weight is 363 g/mol. The highest BCUT2D eigenvalue weighted by atomic mass is 32.2. The van der Waals surface area contributed by atoms with Crippen LogP contribution in [0.1, 0.15) is 37.6 Å². The molecule has 0 bridgehead atoms. The summed E-state index contributed by atoms with van der Waals surface area (Å²) in [6, 6.07) is 9.68. The van der Waals surface area contributed by atoms with Crippen LogP contribution < -0.4 is 10.1 Å². The van der Waals surface area contributed by atoms with Crippen molar-refractivity contribution in [1.82, 2.24) is 5.32 Å². The van der Waals surface area contributed by atoms with E-state index in [1.807, 2.05) is 30.3 Å². The molecule has 4 nitrogen and oxygen atoms in total. The first-order valence-electron chi connectivity index (χ1n) is 7.93. The molecule has 1 atom stereocenters. The number of carbonyl (C=O) groups is 1. The molecule has 1 aliphatic rings. The number of thioether (sulfide) groups is 2. The normalized spacial score (nSPS) is 17.6. The van der Waals surface area contributed by atoms with Gasteiger partial charge in [0.25, 0.3) is 5.91 Å². The first-order valence-corrected chi connectivity index (χ1v) is 9.80. The molecule has 1 N–H and O–H groups in total. The summed E-state index contributed by atoms with van der Waals surface area (Å²) in [5.74, 6) is 2.09. The molecule has 0 aliphatic carbocycles. The van der Waals surface area contributed by atoms with Gasteiger partial charge in [0.15, 0.2) is 0 Å². The van der Waals surface area contributed by atoms with E-state index in [2.05, 4.69) is 19.2 Å². The van der Waals surface area contributed by atoms with Crippen LogP contribution in [0.2, 0.25) is 0 Å². The van der Waals surface area contributed by atoms with E-state index in [-0.39, 0.29) is 16.9 Å². The van der Waals surface area contributed by atoms with Crippen LogP contribution in [-0.2, 0) is 4.79 Å². The van der Waals surface area contributed by atoms with Gasteiger partial charge in [0.05, 0.1) is 11.3 Å². The quantitative estimate of drug-likeness (QED) is 0.726. The van der Waals surface area contributed by atoms with Crippen molar-refractivity contribution in [3.63, 3.8) is 0 Å². The van der Waals surface area contributed by atoms with Crippen molar-refractivity contribution in [2.24, 2.45) is 5.92 Å². The third kappa shape index (κ3) is 4.96. The van der Waals surface area contributed by atoms with Gasteiger partial charge in [0.2, 0.25) is 0 Å². The Labute approximate surface area is 152 Å². The highest BCUT2D eigenvalue weighted by Crippen LogP contribution is 2.44. The summed E-state index contributed by atoms with van der Waals surface area (Å²) < 4.78 is 5.99. The minimum absolute atomic E-state index is 0.173. The SMILES string of the molecule is COc1ccc(C2NC(=O)C(C#N)=C(SCCCC(C)C)S2)cc1. The van der Waals surface area contributed by atoms with Crippen LogP contribution in [0.5, 0.6) is 5.75 Å². The molecule has 0 radical (unpaired) electrons. The van der Waals surface area contributed by atoms with E-state index < -0.39 is 0 Å². The number of carbonyl (C=O) groups excluding carboxylic acids is 1. The van der Waals surface area contributed by atoms with Crippen LogP contribution in [0.25, 0.3) is 0 Å². The van der Waals surface area contributed by atoms with Crippen molar-refractivity contribution < 1.29 is 9.53 Å². The van der Waals surface area contributed by atoms with Gasteiger partial charge in [-0.05, 0) is 35.8 Å². The molecule has 6 heteroatoms. The minimum atomic E-state index is -0.288. The second kappa shape index (κ2) is 9.05. The van der Waals surface area contributed by atoms with Crippen LogP contribution in [0.4, 0.5) is 0 Å². The number of amides is 1. The molecule has 0 saturated heterocycles. The number of hydrogen-bond acceptors (Lipinski definition) is 5. The van der Waals surface area contributed by atoms with Crippen LogP contribution in [-0.4, -0.2) is 18.8 Å². The Morgan fingerprint density at radius 2 is 2.08 bits per heavy atom. The van der Waals surface area contributed by atoms with Crippen LogP contribution in [0.3, 0.4) is 0 Å². The van der Waals surface area contributed by atoms with Crippen LogP contribution >= 0.6 is 23.5 Å². The van der Waals surface area contributed by atoms with Gasteiger partial charge in [-0.2, -0.15) is 5.26 Å². The number of nitrogens with one attached hydrogen (secondary N) is 1. The Bertz CT molecular complexity index is 648. The van der Waals surface area contributed by atoms with Crippen molar-refractivity contribution in [3.05, 3.63) is 39.6 Å². The maximum atomic E-state index is 12.2. The lowest BCUT2D eigenvalue weighted by Gasteiger charge is -2.25. The van der Waals surface area contributed by atoms with Gasteiger partial charge in [0, 0.05) is 0 Å². The number of rotatable bonds is 7. The van der Waals surface area contributed by atoms with E-state index in [9.17, 15) is 10.1 Å². The molecule has 1 aromatic rings. The number of nitrogens with zero attached hydrogens (tertiary/aromatic N) is 1. The Kier molecular flexibility index (Phi) is 7.07. The van der Waals surface area contributed by atoms with Gasteiger partial charge in [0.1, 0.15) is 22.8 Å². The van der Waals surface area contributed by atoms with Gasteiger partial charge in [-0.1, -0.05) is 44.2 Å². The number of methoxy groups -OCH3 is 1. The van der Waals surface area contributed by atoms with E-state index >= 15 is 0 Å². The van der Waals surface area contributed by atoms with Crippen molar-refractivity contribution in [1.29, 1.82) is 5.26 Å². The second-order valence-electron chi connectivity index (χ2n) is 5.90. The lowest BCUT2D eigenvalue weighted by molar-refractivity contribution is -0.117. The van der Waals surface area contributed by atoms with Crippen molar-refractivity contribution in [2.75, 3.05) is 12.9 Å². The van der Waals surface area contributed by atoms with Gasteiger partial charge in [-0.3, -0.25) is 4.79 Å². The summed E-state index contributed by atoms with van der Waals surface area (Å²) >= 11 is 3.16. The zero-order valence-electron chi connectivity index (χ0n) is 14.2. The Balaban J connectivity index is 2.08. The topological polar surface area (TPSA) is 62.1 Å². The number of ether oxygens (including phenoxy) is 1. The zero-order chi connectivity index (χ0) is 17.5. The molecule has 2 rings (SSSR count). The summed E-state index contributed by atoms with van der Waals surface area (Å²) in [6.07, 6.45) is 2.24. The molecule has 0 spiro atoms. The standard InChI is InChI=1S/C18H22N2O2S2/c1-12(2)5-4-10-23-18-15(11-19)16(21)20-17(24-18)13-6-8-14(22-3)9-7-13/h6-9,12,17H,4-5,10H2,1-3H3,(H,20,21). The molecule has 1 heterocycles. The highest BCUT2D eigenvalue weighted by Gasteiger charge is 2.29. The Hall–Kier alpha value is -1.58. The van der Waals surface area contributed by atoms with Crippen LogP contribution in [0.15, 0.2) is 34.1 Å². The molecule has 1 aromatic carbocycles. The largest absolute Gasteiger partial charge is 0.497 e. The first kappa shape index (κ1) is 18.8. The predicted octanol–water partition coefficient (Wildman–Crippen LogP) is 4.46. The molecular weight excluding hydrogens is 340 g/mol. The van der Waals surface area contributed by atoms with E-state index in [0.29, 0.717) is 5.92 Å². The summed E-state index contributed by atoms with van der Waals surface area (Å²) in [6.45, 7) is 4.40. The van der Waals surface area contributed by atoms with E-state index in [0.717, 1.165) is 34.1 Å². The molecule has 0 aromatic heterocycles. The Morgan fingerprint density at radius 3 is 2.67 bits per heavy atom. The number of benzene rings is 1. The van der Waals surface area contributed by atoms with Crippen molar-refractivity contribution in [2.45, 2.75) is 32.1 Å². The lowest BCUT2D eigenvalue weighted by Crippen LogP contribution is -2.31. The van der Waals surface area contributed by atoms with Crippen molar-refractivity contribution in [3.8, 4) is 11.8 Å². The molecule has 128 valence electrons. The molecule has 0 fully saturated rings. The summed E-state index contributed by atoms with van der Waals surface area (Å²) in [5.41, 5.74) is 1.23. The molecule has 0 saturated carbocycles. The van der Waals surface area contributed by atoms with Crippen LogP contribution in [0, 0.1) is 17.2 Å². The predicted molar refractivity (Wildman–Crippen MR) is 101 cm³/mol.